The number of piperazine rings is 1. The molecular weight excluding hydrogens is 212 g/mol. The number of ether oxygens (including phenoxy) is 1. The second-order valence-corrected chi connectivity index (χ2v) is 4.71. The number of nitrogens with zero attached hydrogens (tertiary/aromatic N) is 1. The number of hydrogen-bond acceptors (Lipinski definition) is 3. The Labute approximate surface area is 104 Å². The Morgan fingerprint density at radius 2 is 2.12 bits per heavy atom. The van der Waals surface area contributed by atoms with Crippen LogP contribution in [-0.2, 0) is 0 Å². The predicted molar refractivity (Wildman–Crippen MR) is 71.9 cm³/mol. The predicted octanol–water partition coefficient (Wildman–Crippen LogP) is 2.27. The zero-order valence-electron chi connectivity index (χ0n) is 10.9. The molecule has 1 aromatic rings. The van der Waals surface area contributed by atoms with Gasteiger partial charge in [-0.15, -0.1) is 0 Å². The first kappa shape index (κ1) is 12.2. The molecule has 0 aromatic heterocycles. The van der Waals surface area contributed by atoms with Crippen LogP contribution in [-0.4, -0.2) is 31.8 Å². The Morgan fingerprint density at radius 3 is 2.88 bits per heavy atom. The third-order valence-electron chi connectivity index (χ3n) is 3.24. The van der Waals surface area contributed by atoms with E-state index in [1.165, 1.54) is 5.69 Å². The molecule has 1 aliphatic heterocycles. The Balaban J connectivity index is 2.25. The summed E-state index contributed by atoms with van der Waals surface area (Å²) >= 11 is 0. The maximum atomic E-state index is 5.71. The second-order valence-electron chi connectivity index (χ2n) is 4.71. The monoisotopic (exact) mass is 234 g/mol. The smallest absolute Gasteiger partial charge is 0.142 e. The summed E-state index contributed by atoms with van der Waals surface area (Å²) in [6.45, 7) is 9.28. The summed E-state index contributed by atoms with van der Waals surface area (Å²) in [5.74, 6) is 0.996. The lowest BCUT2D eigenvalue weighted by atomic mass is 10.1. The van der Waals surface area contributed by atoms with Crippen molar-refractivity contribution in [1.29, 1.82) is 0 Å². The zero-order valence-corrected chi connectivity index (χ0v) is 10.9. The van der Waals surface area contributed by atoms with Gasteiger partial charge in [0.25, 0.3) is 0 Å². The van der Waals surface area contributed by atoms with Crippen LogP contribution in [0.1, 0.15) is 20.8 Å². The molecule has 0 spiro atoms. The average Bonchev–Trinajstić information content (AvgIpc) is 2.34. The SMILES string of the molecule is CCOc1ccccc1N1CC(C)NCC1C. The van der Waals surface area contributed by atoms with Crippen LogP contribution in [0.3, 0.4) is 0 Å². The molecule has 3 nitrogen and oxygen atoms in total. The molecule has 2 rings (SSSR count). The van der Waals surface area contributed by atoms with E-state index < -0.39 is 0 Å². The molecule has 94 valence electrons. The molecule has 0 bridgehead atoms. The van der Waals surface area contributed by atoms with Crippen LogP contribution in [0.2, 0.25) is 0 Å². The van der Waals surface area contributed by atoms with Crippen LogP contribution in [0.5, 0.6) is 5.75 Å². The molecule has 2 atom stereocenters. The molecule has 0 saturated carbocycles. The first-order chi connectivity index (χ1) is 8.22. The van der Waals surface area contributed by atoms with Gasteiger partial charge >= 0.3 is 0 Å². The van der Waals surface area contributed by atoms with Gasteiger partial charge in [0.1, 0.15) is 5.75 Å². The molecule has 0 amide bonds. The van der Waals surface area contributed by atoms with Crippen LogP contribution in [0.15, 0.2) is 24.3 Å². The van der Waals surface area contributed by atoms with Gasteiger partial charge in [0.05, 0.1) is 12.3 Å². The number of anilines is 1. The summed E-state index contributed by atoms with van der Waals surface area (Å²) in [5, 5.41) is 3.50. The summed E-state index contributed by atoms with van der Waals surface area (Å²) in [6, 6.07) is 9.36. The third kappa shape index (κ3) is 2.72. The van der Waals surface area contributed by atoms with Crippen LogP contribution >= 0.6 is 0 Å². The van der Waals surface area contributed by atoms with Crippen molar-refractivity contribution in [2.75, 3.05) is 24.6 Å². The van der Waals surface area contributed by atoms with Crippen molar-refractivity contribution >= 4 is 5.69 Å². The quantitative estimate of drug-likeness (QED) is 0.868. The maximum Gasteiger partial charge on any atom is 0.142 e. The van der Waals surface area contributed by atoms with Gasteiger partial charge < -0.3 is 15.0 Å². The first-order valence-electron chi connectivity index (χ1n) is 6.44. The number of benzene rings is 1. The number of nitrogens with one attached hydrogen (secondary N) is 1. The number of rotatable bonds is 3. The van der Waals surface area contributed by atoms with Crippen molar-refractivity contribution < 1.29 is 4.74 Å². The molecule has 1 N–H and O–H groups in total. The van der Waals surface area contributed by atoms with Gasteiger partial charge in [-0.05, 0) is 32.9 Å². The summed E-state index contributed by atoms with van der Waals surface area (Å²) in [7, 11) is 0. The van der Waals surface area contributed by atoms with Gasteiger partial charge in [0.2, 0.25) is 0 Å². The highest BCUT2D eigenvalue weighted by atomic mass is 16.5. The van der Waals surface area contributed by atoms with Crippen LogP contribution < -0.4 is 15.0 Å². The van der Waals surface area contributed by atoms with Crippen molar-refractivity contribution in [3.05, 3.63) is 24.3 Å². The Kier molecular flexibility index (Phi) is 3.89. The van der Waals surface area contributed by atoms with Crippen molar-refractivity contribution in [3.8, 4) is 5.75 Å². The average molecular weight is 234 g/mol. The van der Waals surface area contributed by atoms with Crippen molar-refractivity contribution in [3.63, 3.8) is 0 Å². The van der Waals surface area contributed by atoms with Crippen molar-refractivity contribution in [2.24, 2.45) is 0 Å². The van der Waals surface area contributed by atoms with Crippen LogP contribution in [0, 0.1) is 0 Å². The van der Waals surface area contributed by atoms with E-state index in [0.29, 0.717) is 18.7 Å². The zero-order chi connectivity index (χ0) is 12.3. The molecule has 0 radical (unpaired) electrons. The molecule has 17 heavy (non-hydrogen) atoms. The molecule has 1 aliphatic rings. The maximum absolute atomic E-state index is 5.71. The fourth-order valence-electron chi connectivity index (χ4n) is 2.33. The molecule has 3 heteroatoms. The van der Waals surface area contributed by atoms with Crippen molar-refractivity contribution in [1.82, 2.24) is 5.32 Å². The Bertz CT molecular complexity index is 367. The van der Waals surface area contributed by atoms with Gasteiger partial charge in [0.15, 0.2) is 0 Å². The van der Waals surface area contributed by atoms with E-state index in [4.69, 9.17) is 4.74 Å². The van der Waals surface area contributed by atoms with Gasteiger partial charge in [-0.2, -0.15) is 0 Å². The molecule has 0 aliphatic carbocycles. The van der Waals surface area contributed by atoms with Gasteiger partial charge in [0, 0.05) is 25.2 Å². The minimum atomic E-state index is 0.507. The fraction of sp³-hybridized carbons (Fsp3) is 0.571. The summed E-state index contributed by atoms with van der Waals surface area (Å²) in [6.07, 6.45) is 0. The lowest BCUT2D eigenvalue weighted by molar-refractivity contribution is 0.336. The summed E-state index contributed by atoms with van der Waals surface area (Å²) < 4.78 is 5.71. The topological polar surface area (TPSA) is 24.5 Å². The fourth-order valence-corrected chi connectivity index (χ4v) is 2.33. The van der Waals surface area contributed by atoms with Crippen LogP contribution in [0.25, 0.3) is 0 Å². The molecular formula is C14H22N2O. The molecule has 2 unspecified atom stereocenters. The van der Waals surface area contributed by atoms with Crippen LogP contribution in [0.4, 0.5) is 5.69 Å². The van der Waals surface area contributed by atoms with Gasteiger partial charge in [-0.3, -0.25) is 0 Å². The minimum Gasteiger partial charge on any atom is -0.492 e. The normalized spacial score (nSPS) is 24.8. The Morgan fingerprint density at radius 1 is 1.35 bits per heavy atom. The molecule has 1 saturated heterocycles. The number of para-hydroxylation sites is 2. The first-order valence-corrected chi connectivity index (χ1v) is 6.44. The van der Waals surface area contributed by atoms with E-state index >= 15 is 0 Å². The number of hydrogen-bond donors (Lipinski definition) is 1. The van der Waals surface area contributed by atoms with E-state index in [1.54, 1.807) is 0 Å². The lowest BCUT2D eigenvalue weighted by Crippen LogP contribution is -2.54. The molecule has 1 fully saturated rings. The highest BCUT2D eigenvalue weighted by Gasteiger charge is 2.24. The summed E-state index contributed by atoms with van der Waals surface area (Å²) in [4.78, 5) is 2.44. The summed E-state index contributed by atoms with van der Waals surface area (Å²) in [5.41, 5.74) is 1.22. The van der Waals surface area contributed by atoms with Gasteiger partial charge in [-0.1, -0.05) is 12.1 Å². The minimum absolute atomic E-state index is 0.507. The van der Waals surface area contributed by atoms with E-state index in [1.807, 2.05) is 13.0 Å². The van der Waals surface area contributed by atoms with Crippen molar-refractivity contribution in [2.45, 2.75) is 32.9 Å². The van der Waals surface area contributed by atoms with Gasteiger partial charge in [-0.25, -0.2) is 0 Å². The third-order valence-corrected chi connectivity index (χ3v) is 3.24. The standard InChI is InChI=1S/C14H22N2O/c1-4-17-14-8-6-5-7-13(14)16-10-11(2)15-9-12(16)3/h5-8,11-12,15H,4,9-10H2,1-3H3. The largest absolute Gasteiger partial charge is 0.492 e. The van der Waals surface area contributed by atoms with E-state index in [9.17, 15) is 0 Å². The van der Waals surface area contributed by atoms with E-state index in [2.05, 4.69) is 42.3 Å². The molecule has 1 heterocycles. The van der Waals surface area contributed by atoms with E-state index in [-0.39, 0.29) is 0 Å². The van der Waals surface area contributed by atoms with E-state index in [0.717, 1.165) is 18.8 Å². The Hall–Kier alpha value is -1.22. The lowest BCUT2D eigenvalue weighted by Gasteiger charge is -2.39. The highest BCUT2D eigenvalue weighted by molar-refractivity contribution is 5.59. The second kappa shape index (κ2) is 5.41. The molecule has 1 aromatic carbocycles. The highest BCUT2D eigenvalue weighted by Crippen LogP contribution is 2.30.